The molecule has 4 nitrogen and oxygen atoms in total. The predicted octanol–water partition coefficient (Wildman–Crippen LogP) is 8.14. The van der Waals surface area contributed by atoms with Crippen LogP contribution < -0.4 is 0 Å². The first-order valence-electron chi connectivity index (χ1n) is 15.4. The number of hydrogen-bond donors (Lipinski definition) is 0. The average Bonchev–Trinajstić information content (AvgIpc) is 2.80. The van der Waals surface area contributed by atoms with Gasteiger partial charge in [-0.3, -0.25) is 9.59 Å². The molecule has 5 aliphatic carbocycles. The van der Waals surface area contributed by atoms with E-state index in [1.54, 1.807) is 14.0 Å². The lowest BCUT2D eigenvalue weighted by Crippen LogP contribution is -2.68. The molecule has 214 valence electrons. The predicted molar refractivity (Wildman–Crippen MR) is 151 cm³/mol. The molecule has 5 aliphatic rings. The lowest BCUT2D eigenvalue weighted by molar-refractivity contribution is -0.239. The smallest absolute Gasteiger partial charge is 0.312 e. The monoisotopic (exact) mass is 526 g/mol. The van der Waals surface area contributed by atoms with Gasteiger partial charge in [-0.2, -0.15) is 0 Å². The van der Waals surface area contributed by atoms with Gasteiger partial charge < -0.3 is 9.47 Å². The quantitative estimate of drug-likeness (QED) is 0.269. The van der Waals surface area contributed by atoms with E-state index >= 15 is 0 Å². The van der Waals surface area contributed by atoms with Gasteiger partial charge in [0.25, 0.3) is 0 Å². The molecule has 4 saturated carbocycles. The molecule has 0 aromatic rings. The van der Waals surface area contributed by atoms with Crippen molar-refractivity contribution >= 4 is 11.9 Å². The molecule has 0 spiro atoms. The van der Waals surface area contributed by atoms with E-state index in [-0.39, 0.29) is 51.0 Å². The number of esters is 2. The standard InChI is InChI=1S/C34H54O4/c1-21-13-14-31(7)26-12-11-23-24-19-29(3,4)15-17-34(24,28(36)37-10)18-16-32(23,8)33(26,9)20-25(38-22(2)35)27(31)30(21,5)6/h11,21,24-27H,12-20H2,1-10H3/t21-,24-,25+,26+,27-,31+,32+,33+,34-/m0/s1. The molecule has 9 atom stereocenters. The maximum atomic E-state index is 13.5. The van der Waals surface area contributed by atoms with Crippen molar-refractivity contribution in [2.45, 2.75) is 126 Å². The Kier molecular flexibility index (Phi) is 6.38. The van der Waals surface area contributed by atoms with E-state index in [0.29, 0.717) is 17.8 Å². The molecule has 38 heavy (non-hydrogen) atoms. The fraction of sp³-hybridized carbons (Fsp3) is 0.882. The Labute approximate surface area is 232 Å². The Morgan fingerprint density at radius 3 is 2.21 bits per heavy atom. The van der Waals surface area contributed by atoms with Gasteiger partial charge in [-0.15, -0.1) is 0 Å². The largest absolute Gasteiger partial charge is 0.469 e. The summed E-state index contributed by atoms with van der Waals surface area (Å²) in [5.41, 5.74) is 1.54. The van der Waals surface area contributed by atoms with Crippen LogP contribution in [0.25, 0.3) is 0 Å². The summed E-state index contributed by atoms with van der Waals surface area (Å²) in [6.07, 6.45) is 11.9. The molecule has 0 heterocycles. The highest BCUT2D eigenvalue weighted by atomic mass is 16.5. The molecule has 0 aromatic heterocycles. The molecule has 0 saturated heterocycles. The second-order valence-electron chi connectivity index (χ2n) is 16.4. The van der Waals surface area contributed by atoms with Gasteiger partial charge in [-0.1, -0.05) is 67.0 Å². The molecular weight excluding hydrogens is 472 g/mol. The molecule has 4 fully saturated rings. The summed E-state index contributed by atoms with van der Waals surface area (Å²) in [5.74, 6) is 1.58. The first-order chi connectivity index (χ1) is 17.5. The zero-order valence-corrected chi connectivity index (χ0v) is 26.0. The number of allylic oxidation sites excluding steroid dienone is 2. The molecule has 0 bridgehead atoms. The van der Waals surface area contributed by atoms with Gasteiger partial charge in [0.15, 0.2) is 0 Å². The van der Waals surface area contributed by atoms with Crippen LogP contribution in [-0.2, 0) is 19.1 Å². The van der Waals surface area contributed by atoms with E-state index in [1.807, 2.05) is 0 Å². The van der Waals surface area contributed by atoms with Gasteiger partial charge in [0, 0.05) is 12.8 Å². The van der Waals surface area contributed by atoms with E-state index in [4.69, 9.17) is 9.47 Å². The molecule has 0 aliphatic heterocycles. The Hall–Kier alpha value is -1.32. The Balaban J connectivity index is 1.65. The summed E-state index contributed by atoms with van der Waals surface area (Å²) in [6.45, 7) is 21.2. The number of ether oxygens (including phenoxy) is 2. The normalized spacial score (nSPS) is 48.8. The minimum atomic E-state index is -0.391. The third-order valence-corrected chi connectivity index (χ3v) is 14.0. The van der Waals surface area contributed by atoms with Crippen LogP contribution in [0.3, 0.4) is 0 Å². The first kappa shape index (κ1) is 28.2. The fourth-order valence-corrected chi connectivity index (χ4v) is 11.4. The van der Waals surface area contributed by atoms with Crippen LogP contribution >= 0.6 is 0 Å². The molecule has 0 radical (unpaired) electrons. The van der Waals surface area contributed by atoms with Gasteiger partial charge in [0.2, 0.25) is 0 Å². The van der Waals surface area contributed by atoms with Crippen molar-refractivity contribution in [1.29, 1.82) is 0 Å². The summed E-state index contributed by atoms with van der Waals surface area (Å²) in [6, 6.07) is 0. The lowest BCUT2D eigenvalue weighted by atomic mass is 9.32. The minimum absolute atomic E-state index is 0.00295. The summed E-state index contributed by atoms with van der Waals surface area (Å²) in [7, 11) is 1.58. The summed E-state index contributed by atoms with van der Waals surface area (Å²) < 4.78 is 11.9. The lowest BCUT2D eigenvalue weighted by Gasteiger charge is -2.72. The number of carbonyl (C=O) groups is 2. The SMILES string of the molecule is COC(=O)[C@]12CCC(C)(C)C[C@H]1C1=CC[C@@H]3[C@@]4(C)CC[C@H](C)C(C)(C)[C@@H]4[C@H](OC(C)=O)C[C@@]3(C)[C@]1(C)CC2. The van der Waals surface area contributed by atoms with Crippen LogP contribution in [0.4, 0.5) is 0 Å². The van der Waals surface area contributed by atoms with E-state index < -0.39 is 5.41 Å². The highest BCUT2D eigenvalue weighted by molar-refractivity contribution is 5.78. The van der Waals surface area contributed by atoms with E-state index in [2.05, 4.69) is 61.5 Å². The highest BCUT2D eigenvalue weighted by Crippen LogP contribution is 2.76. The molecular formula is C34H54O4. The Morgan fingerprint density at radius 1 is 0.921 bits per heavy atom. The van der Waals surface area contributed by atoms with Crippen molar-refractivity contribution in [1.82, 2.24) is 0 Å². The van der Waals surface area contributed by atoms with Crippen LogP contribution in [-0.4, -0.2) is 25.2 Å². The van der Waals surface area contributed by atoms with E-state index in [9.17, 15) is 9.59 Å². The molecule has 0 aromatic carbocycles. The summed E-state index contributed by atoms with van der Waals surface area (Å²) >= 11 is 0. The topological polar surface area (TPSA) is 52.6 Å². The zero-order chi connectivity index (χ0) is 28.1. The number of hydrogen-bond acceptors (Lipinski definition) is 4. The maximum Gasteiger partial charge on any atom is 0.312 e. The van der Waals surface area contributed by atoms with E-state index in [0.717, 1.165) is 44.9 Å². The minimum Gasteiger partial charge on any atom is -0.469 e. The number of carbonyl (C=O) groups excluding carboxylic acids is 2. The second-order valence-corrected chi connectivity index (χ2v) is 16.4. The van der Waals surface area contributed by atoms with Crippen molar-refractivity contribution in [3.8, 4) is 0 Å². The van der Waals surface area contributed by atoms with Crippen molar-refractivity contribution in [2.75, 3.05) is 7.11 Å². The number of fused-ring (bicyclic) bond motifs is 7. The van der Waals surface area contributed by atoms with Gasteiger partial charge in [0.05, 0.1) is 12.5 Å². The Morgan fingerprint density at radius 2 is 1.58 bits per heavy atom. The van der Waals surface area contributed by atoms with Crippen LogP contribution in [0.5, 0.6) is 0 Å². The molecule has 5 rings (SSSR count). The number of methoxy groups -OCH3 is 1. The highest BCUT2D eigenvalue weighted by Gasteiger charge is 2.71. The first-order valence-corrected chi connectivity index (χ1v) is 15.4. The van der Waals surface area contributed by atoms with Gasteiger partial charge in [-0.25, -0.2) is 0 Å². The fourth-order valence-electron chi connectivity index (χ4n) is 11.4. The van der Waals surface area contributed by atoms with Crippen molar-refractivity contribution in [3.05, 3.63) is 11.6 Å². The van der Waals surface area contributed by atoms with Crippen molar-refractivity contribution < 1.29 is 19.1 Å². The van der Waals surface area contributed by atoms with Crippen LogP contribution in [0.2, 0.25) is 0 Å². The zero-order valence-electron chi connectivity index (χ0n) is 26.0. The second kappa shape index (κ2) is 8.59. The van der Waals surface area contributed by atoms with E-state index in [1.165, 1.54) is 18.4 Å². The maximum absolute atomic E-state index is 13.5. The third kappa shape index (κ3) is 3.59. The van der Waals surface area contributed by atoms with Crippen molar-refractivity contribution in [3.63, 3.8) is 0 Å². The third-order valence-electron chi connectivity index (χ3n) is 14.0. The van der Waals surface area contributed by atoms with Crippen LogP contribution in [0.1, 0.15) is 120 Å². The molecule has 4 heteroatoms. The number of rotatable bonds is 2. The average molecular weight is 527 g/mol. The summed E-state index contributed by atoms with van der Waals surface area (Å²) in [5, 5.41) is 0. The molecule has 0 amide bonds. The Bertz CT molecular complexity index is 1040. The van der Waals surface area contributed by atoms with Crippen molar-refractivity contribution in [2.24, 2.45) is 56.2 Å². The van der Waals surface area contributed by atoms with Crippen LogP contribution in [0.15, 0.2) is 11.6 Å². The summed E-state index contributed by atoms with van der Waals surface area (Å²) in [4.78, 5) is 26.0. The van der Waals surface area contributed by atoms with Gasteiger partial charge in [0.1, 0.15) is 6.10 Å². The molecule has 0 N–H and O–H groups in total. The van der Waals surface area contributed by atoms with Gasteiger partial charge >= 0.3 is 11.9 Å². The van der Waals surface area contributed by atoms with Crippen LogP contribution in [0, 0.1) is 56.2 Å². The molecule has 0 unspecified atom stereocenters. The van der Waals surface area contributed by atoms with Gasteiger partial charge in [-0.05, 0) is 103 Å².